The molecule has 0 radical (unpaired) electrons. The average Bonchev–Trinajstić information content (AvgIpc) is 3.60. The summed E-state index contributed by atoms with van der Waals surface area (Å²) in [6, 6.07) is 69.2. The molecule has 0 unspecified atom stereocenters. The molecule has 8 aromatic rings. The molecule has 1 nitrogen and oxygen atoms in total. The zero-order valence-electron chi connectivity index (χ0n) is 31.8. The van der Waals surface area contributed by atoms with Crippen molar-refractivity contribution in [2.24, 2.45) is 0 Å². The number of benzene rings is 8. The quantitative estimate of drug-likeness (QED) is 0.166. The molecule has 1 heteroatoms. The van der Waals surface area contributed by atoms with Crippen molar-refractivity contribution in [3.05, 3.63) is 210 Å². The van der Waals surface area contributed by atoms with Gasteiger partial charge in [-0.15, -0.1) is 0 Å². The van der Waals surface area contributed by atoms with Crippen molar-refractivity contribution in [2.45, 2.75) is 38.5 Å². The molecule has 2 aliphatic carbocycles. The fourth-order valence-electron chi connectivity index (χ4n) is 9.39. The molecule has 2 aliphatic rings. The summed E-state index contributed by atoms with van der Waals surface area (Å²) in [6.45, 7) is 9.62. The van der Waals surface area contributed by atoms with Gasteiger partial charge in [0.15, 0.2) is 0 Å². The van der Waals surface area contributed by atoms with Gasteiger partial charge in [0, 0.05) is 27.8 Å². The van der Waals surface area contributed by atoms with Crippen LogP contribution in [0.3, 0.4) is 0 Å². The van der Waals surface area contributed by atoms with Crippen LogP contribution < -0.4 is 4.90 Å². The third-order valence-corrected chi connectivity index (χ3v) is 12.3. The van der Waals surface area contributed by atoms with E-state index < -0.39 is 0 Å². The van der Waals surface area contributed by atoms with E-state index in [4.69, 9.17) is 0 Å². The van der Waals surface area contributed by atoms with E-state index in [0.29, 0.717) is 0 Å². The van der Waals surface area contributed by atoms with Gasteiger partial charge in [0.05, 0.1) is 5.69 Å². The van der Waals surface area contributed by atoms with Gasteiger partial charge in [-0.25, -0.2) is 0 Å². The van der Waals surface area contributed by atoms with Crippen molar-refractivity contribution >= 4 is 17.1 Å². The van der Waals surface area contributed by atoms with Gasteiger partial charge in [0.2, 0.25) is 0 Å². The summed E-state index contributed by atoms with van der Waals surface area (Å²) in [5.74, 6) is 0. The van der Waals surface area contributed by atoms with Gasteiger partial charge in [-0.05, 0) is 115 Å². The largest absolute Gasteiger partial charge is 0.310 e. The number of hydrogen-bond acceptors (Lipinski definition) is 1. The van der Waals surface area contributed by atoms with E-state index >= 15 is 0 Å². The molecule has 0 aromatic heterocycles. The Bertz CT molecular complexity index is 2720. The minimum Gasteiger partial charge on any atom is -0.310 e. The van der Waals surface area contributed by atoms with E-state index in [2.05, 4.69) is 221 Å². The van der Waals surface area contributed by atoms with Crippen molar-refractivity contribution in [1.29, 1.82) is 0 Å². The van der Waals surface area contributed by atoms with Crippen molar-refractivity contribution in [1.82, 2.24) is 0 Å². The number of para-hydroxylation sites is 1. The van der Waals surface area contributed by atoms with Gasteiger partial charge in [0.1, 0.15) is 0 Å². The topological polar surface area (TPSA) is 3.24 Å². The first-order valence-corrected chi connectivity index (χ1v) is 19.4. The van der Waals surface area contributed by atoms with Crippen LogP contribution in [0.25, 0.3) is 55.6 Å². The summed E-state index contributed by atoms with van der Waals surface area (Å²) in [6.07, 6.45) is 0. The molecule has 10 rings (SSSR count). The third-order valence-electron chi connectivity index (χ3n) is 12.3. The first-order chi connectivity index (χ1) is 26.8. The Morgan fingerprint density at radius 3 is 1.49 bits per heavy atom. The van der Waals surface area contributed by atoms with E-state index in [1.165, 1.54) is 77.9 Å². The molecule has 0 amide bonds. The van der Waals surface area contributed by atoms with Crippen LogP contribution in [-0.4, -0.2) is 0 Å². The molecule has 264 valence electrons. The van der Waals surface area contributed by atoms with E-state index in [1.54, 1.807) is 0 Å². The van der Waals surface area contributed by atoms with Gasteiger partial charge in [-0.2, -0.15) is 0 Å². The zero-order chi connectivity index (χ0) is 37.3. The SMILES string of the molecule is CC1(C)c2cc(N(c3ccc(-c4ccccc4)cc3)c3ccccc3-c3ccccc3)ccc2-c2cc3c(cc21)-c1c(-c2ccccc2)cccc1C3(C)C. The molecule has 0 fully saturated rings. The lowest BCUT2D eigenvalue weighted by Gasteiger charge is -2.30. The van der Waals surface area contributed by atoms with E-state index in [0.717, 1.165) is 17.1 Å². The smallest absolute Gasteiger partial charge is 0.0540 e. The van der Waals surface area contributed by atoms with Crippen LogP contribution in [0.15, 0.2) is 188 Å². The second-order valence-corrected chi connectivity index (χ2v) is 16.1. The summed E-state index contributed by atoms with van der Waals surface area (Å²) in [5.41, 5.74) is 21.5. The standard InChI is InChI=1S/C54H43N/c1-53(2)47-25-16-24-43(39-21-12-7-13-22-39)52(47)46-35-49-45(34-50(46)53)44-32-31-41(33-48(44)54(49,3)4)55(40-29-27-37(28-30-40)36-17-8-5-9-18-36)51-26-15-14-23-42(51)38-19-10-6-11-20-38/h5-35H,1-4H3. The second-order valence-electron chi connectivity index (χ2n) is 16.1. The number of hydrogen-bond donors (Lipinski definition) is 0. The van der Waals surface area contributed by atoms with Crippen LogP contribution in [0.1, 0.15) is 49.9 Å². The highest BCUT2D eigenvalue weighted by atomic mass is 15.1. The fourth-order valence-corrected chi connectivity index (χ4v) is 9.39. The van der Waals surface area contributed by atoms with Crippen LogP contribution in [0.5, 0.6) is 0 Å². The van der Waals surface area contributed by atoms with E-state index in [-0.39, 0.29) is 10.8 Å². The lowest BCUT2D eigenvalue weighted by atomic mass is 9.79. The Morgan fingerprint density at radius 1 is 0.309 bits per heavy atom. The van der Waals surface area contributed by atoms with E-state index in [9.17, 15) is 0 Å². The van der Waals surface area contributed by atoms with Gasteiger partial charge in [0.25, 0.3) is 0 Å². The van der Waals surface area contributed by atoms with Crippen molar-refractivity contribution < 1.29 is 0 Å². The molecule has 0 saturated heterocycles. The summed E-state index contributed by atoms with van der Waals surface area (Å²) in [4.78, 5) is 2.45. The minimum atomic E-state index is -0.202. The lowest BCUT2D eigenvalue weighted by Crippen LogP contribution is -2.17. The fraction of sp³-hybridized carbons (Fsp3) is 0.111. The predicted molar refractivity (Wildman–Crippen MR) is 233 cm³/mol. The molecule has 0 heterocycles. The number of fused-ring (bicyclic) bond motifs is 6. The maximum Gasteiger partial charge on any atom is 0.0540 e. The van der Waals surface area contributed by atoms with Crippen LogP contribution in [0.4, 0.5) is 17.1 Å². The normalized spacial score (nSPS) is 14.1. The Hall–Kier alpha value is -6.44. The van der Waals surface area contributed by atoms with Gasteiger partial charge in [-0.1, -0.05) is 173 Å². The second kappa shape index (κ2) is 12.6. The summed E-state index contributed by atoms with van der Waals surface area (Å²) >= 11 is 0. The van der Waals surface area contributed by atoms with Gasteiger partial charge < -0.3 is 4.90 Å². The number of anilines is 3. The molecule has 0 saturated carbocycles. The monoisotopic (exact) mass is 705 g/mol. The van der Waals surface area contributed by atoms with Crippen LogP contribution in [-0.2, 0) is 10.8 Å². The highest BCUT2D eigenvalue weighted by molar-refractivity contribution is 5.97. The van der Waals surface area contributed by atoms with Gasteiger partial charge >= 0.3 is 0 Å². The van der Waals surface area contributed by atoms with Crippen molar-refractivity contribution in [3.63, 3.8) is 0 Å². The Morgan fingerprint density at radius 2 is 0.800 bits per heavy atom. The Balaban J connectivity index is 1.13. The predicted octanol–water partition coefficient (Wildman–Crippen LogP) is 14.8. The highest BCUT2D eigenvalue weighted by Gasteiger charge is 2.42. The summed E-state index contributed by atoms with van der Waals surface area (Å²) in [7, 11) is 0. The maximum absolute atomic E-state index is 2.54. The molecular formula is C54H43N. The lowest BCUT2D eigenvalue weighted by molar-refractivity contribution is 0.652. The first-order valence-electron chi connectivity index (χ1n) is 19.4. The molecule has 0 spiro atoms. The molecule has 0 atom stereocenters. The third kappa shape index (κ3) is 5.22. The average molecular weight is 706 g/mol. The Labute approximate surface area is 325 Å². The maximum atomic E-state index is 2.54. The van der Waals surface area contributed by atoms with Crippen LogP contribution >= 0.6 is 0 Å². The molecule has 0 bridgehead atoms. The van der Waals surface area contributed by atoms with Crippen LogP contribution in [0.2, 0.25) is 0 Å². The molecule has 55 heavy (non-hydrogen) atoms. The number of rotatable bonds is 6. The van der Waals surface area contributed by atoms with Gasteiger partial charge in [-0.3, -0.25) is 0 Å². The van der Waals surface area contributed by atoms with E-state index in [1.807, 2.05) is 0 Å². The van der Waals surface area contributed by atoms with Crippen molar-refractivity contribution in [2.75, 3.05) is 4.90 Å². The minimum absolute atomic E-state index is 0.110. The molecule has 8 aromatic carbocycles. The number of nitrogens with zero attached hydrogens (tertiary/aromatic N) is 1. The molecule has 0 N–H and O–H groups in total. The molecule has 0 aliphatic heterocycles. The van der Waals surface area contributed by atoms with Crippen molar-refractivity contribution in [3.8, 4) is 55.6 Å². The highest BCUT2D eigenvalue weighted by Crippen LogP contribution is 2.58. The Kier molecular flexibility index (Phi) is 7.58. The summed E-state index contributed by atoms with van der Waals surface area (Å²) in [5, 5.41) is 0. The molecular weight excluding hydrogens is 663 g/mol. The van der Waals surface area contributed by atoms with Crippen LogP contribution in [0, 0.1) is 0 Å². The first kappa shape index (κ1) is 33.2. The zero-order valence-corrected chi connectivity index (χ0v) is 31.8. The summed E-state index contributed by atoms with van der Waals surface area (Å²) < 4.78 is 0.